The molecular formula is C3H11NO3Si2. The summed E-state index contributed by atoms with van der Waals surface area (Å²) in [4.78, 5) is 9.42. The lowest BCUT2D eigenvalue weighted by atomic mass is 11.0. The van der Waals surface area contributed by atoms with E-state index in [9.17, 15) is 4.79 Å². The maximum atomic E-state index is 9.42. The number of rotatable bonds is 1. The first-order chi connectivity index (χ1) is 4.18. The van der Waals surface area contributed by atoms with Crippen LogP contribution in [0.1, 0.15) is 0 Å². The summed E-state index contributed by atoms with van der Waals surface area (Å²) in [6, 6.07) is 0. The van der Waals surface area contributed by atoms with E-state index < -0.39 is 6.09 Å². The van der Waals surface area contributed by atoms with Crippen molar-refractivity contribution in [3.63, 3.8) is 0 Å². The Bertz CT molecular complexity index is 87.1. The molecule has 0 aliphatic heterocycles. The number of hydrogen-bond donors (Lipinski definition) is 2. The van der Waals surface area contributed by atoms with E-state index in [1.54, 1.807) is 0 Å². The van der Waals surface area contributed by atoms with Gasteiger partial charge in [0.05, 0.1) is 0 Å². The summed E-state index contributed by atoms with van der Waals surface area (Å²) in [6.07, 6.45) is 0.0208. The molecule has 0 aromatic heterocycles. The predicted molar refractivity (Wildman–Crippen MR) is 42.3 cm³/mol. The molecule has 0 saturated carbocycles. The highest BCUT2D eigenvalue weighted by atomic mass is 28.3. The second-order valence-electron chi connectivity index (χ2n) is 1.06. The van der Waals surface area contributed by atoms with E-state index in [2.05, 4.69) is 10.7 Å². The highest BCUT2D eigenvalue weighted by Crippen LogP contribution is 1.54. The Kier molecular flexibility index (Phi) is 13.0. The predicted octanol–water partition coefficient (Wildman–Crippen LogP) is -2.04. The second kappa shape index (κ2) is 10.4. The van der Waals surface area contributed by atoms with Gasteiger partial charge in [-0.2, -0.15) is 0 Å². The van der Waals surface area contributed by atoms with Crippen LogP contribution in [0.3, 0.4) is 0 Å². The van der Waals surface area contributed by atoms with Crippen LogP contribution >= 0.6 is 0 Å². The van der Waals surface area contributed by atoms with Crippen molar-refractivity contribution < 1.29 is 14.0 Å². The quantitative estimate of drug-likeness (QED) is 0.440. The summed E-state index contributed by atoms with van der Waals surface area (Å²) in [5.74, 6) is 0. The summed E-state index contributed by atoms with van der Waals surface area (Å²) in [5.41, 5.74) is 0. The molecule has 6 heteroatoms. The van der Waals surface area contributed by atoms with Gasteiger partial charge >= 0.3 is 6.09 Å². The monoisotopic (exact) mass is 165 g/mol. The van der Waals surface area contributed by atoms with E-state index in [0.29, 0.717) is 0 Å². The van der Waals surface area contributed by atoms with Crippen LogP contribution in [-0.4, -0.2) is 32.2 Å². The van der Waals surface area contributed by atoms with Crippen molar-refractivity contribution >= 4 is 27.1 Å². The molecule has 0 aromatic rings. The van der Waals surface area contributed by atoms with Gasteiger partial charge in [0.15, 0.2) is 0 Å². The van der Waals surface area contributed by atoms with E-state index in [-0.39, 0.29) is 0 Å². The van der Waals surface area contributed by atoms with Crippen molar-refractivity contribution in [2.24, 2.45) is 0 Å². The molecule has 0 bridgehead atoms. The van der Waals surface area contributed by atoms with E-state index in [0.717, 1.165) is 27.2 Å². The van der Waals surface area contributed by atoms with Gasteiger partial charge in [0, 0.05) is 0 Å². The molecule has 0 saturated heterocycles. The zero-order valence-corrected chi connectivity index (χ0v) is 9.55. The topological polar surface area (TPSA) is 58.6 Å². The van der Waals surface area contributed by atoms with Crippen molar-refractivity contribution in [3.8, 4) is 0 Å². The van der Waals surface area contributed by atoms with Crippen LogP contribution in [0.5, 0.6) is 0 Å². The average molecular weight is 165 g/mol. The first-order valence-corrected chi connectivity index (χ1v) is 3.82. The smallest absolute Gasteiger partial charge is 0.408 e. The van der Waals surface area contributed by atoms with Gasteiger partial charge in [-0.15, -0.1) is 0 Å². The van der Waals surface area contributed by atoms with Crippen molar-refractivity contribution in [3.05, 3.63) is 12.8 Å². The Labute approximate surface area is 60.0 Å². The maximum absolute atomic E-state index is 9.42. The number of carbonyl (C=O) groups is 1. The molecule has 4 nitrogen and oxygen atoms in total. The maximum Gasteiger partial charge on any atom is 0.408 e. The fourth-order valence-electron chi connectivity index (χ4n) is 0.0873. The first-order valence-electron chi connectivity index (χ1n) is 2.19. The minimum atomic E-state index is -1.08. The second-order valence-corrected chi connectivity index (χ2v) is 4.33. The molecular weight excluding hydrogens is 154 g/mol. The average Bonchev–Trinajstić information content (AvgIpc) is 1.67. The Balaban J connectivity index is 0. The normalized spacial score (nSPS) is 7.11. The fraction of sp³-hybridized carbons (Fsp3) is 0. The van der Waals surface area contributed by atoms with Gasteiger partial charge in [0.2, 0.25) is 0 Å². The molecule has 1 amide bonds. The molecule has 0 radical (unpaired) electrons. The molecule has 0 unspecified atom stereocenters. The SMILES string of the molecule is C=CNC(=O)O.[SiH3]O[SiH3]. The van der Waals surface area contributed by atoms with Crippen LogP contribution in [0.25, 0.3) is 0 Å². The van der Waals surface area contributed by atoms with E-state index in [1.807, 2.05) is 5.32 Å². The number of hydrogen-bond acceptors (Lipinski definition) is 2. The van der Waals surface area contributed by atoms with Crippen LogP contribution in [0.2, 0.25) is 0 Å². The molecule has 2 N–H and O–H groups in total. The summed E-state index contributed by atoms with van der Waals surface area (Å²) in [6.45, 7) is 3.11. The molecule has 0 rings (SSSR count). The van der Waals surface area contributed by atoms with Crippen LogP contribution in [0.4, 0.5) is 4.79 Å². The van der Waals surface area contributed by atoms with Gasteiger partial charge in [0.25, 0.3) is 0 Å². The van der Waals surface area contributed by atoms with E-state index in [1.165, 1.54) is 0 Å². The van der Waals surface area contributed by atoms with E-state index >= 15 is 0 Å². The van der Waals surface area contributed by atoms with Gasteiger partial charge in [-0.3, -0.25) is 5.32 Å². The van der Waals surface area contributed by atoms with Gasteiger partial charge < -0.3 is 9.22 Å². The van der Waals surface area contributed by atoms with Crippen molar-refractivity contribution in [1.29, 1.82) is 0 Å². The van der Waals surface area contributed by atoms with Crippen LogP contribution < -0.4 is 5.32 Å². The van der Waals surface area contributed by atoms with Gasteiger partial charge in [-0.25, -0.2) is 4.79 Å². The lowest BCUT2D eigenvalue weighted by molar-refractivity contribution is 0.198. The largest absolute Gasteiger partial charge is 0.471 e. The Hall–Kier alpha value is -0.596. The number of amides is 1. The highest BCUT2D eigenvalue weighted by molar-refractivity contribution is 6.15. The molecule has 0 aliphatic carbocycles. The summed E-state index contributed by atoms with van der Waals surface area (Å²) in [5, 5.41) is 9.62. The molecule has 0 heterocycles. The third-order valence-corrected chi connectivity index (χ3v) is 0.226. The first kappa shape index (κ1) is 11.2. The van der Waals surface area contributed by atoms with Crippen LogP contribution in [0, 0.1) is 0 Å². The molecule has 0 spiro atoms. The molecule has 0 aromatic carbocycles. The van der Waals surface area contributed by atoms with Crippen molar-refractivity contribution in [1.82, 2.24) is 5.32 Å². The summed E-state index contributed by atoms with van der Waals surface area (Å²) in [7, 11) is 1.86. The lowest BCUT2D eigenvalue weighted by Gasteiger charge is -1.81. The van der Waals surface area contributed by atoms with Crippen LogP contribution in [0.15, 0.2) is 12.8 Å². The number of carboxylic acid groups (broad SMARTS) is 1. The molecule has 0 atom stereocenters. The minimum Gasteiger partial charge on any atom is -0.471 e. The van der Waals surface area contributed by atoms with Gasteiger partial charge in [-0.1, -0.05) is 6.58 Å². The fourth-order valence-corrected chi connectivity index (χ4v) is 0.0873. The molecule has 0 fully saturated rings. The Morgan fingerprint density at radius 2 is 2.11 bits per heavy atom. The van der Waals surface area contributed by atoms with E-state index in [4.69, 9.17) is 5.11 Å². The van der Waals surface area contributed by atoms with Crippen LogP contribution in [-0.2, 0) is 4.12 Å². The third kappa shape index (κ3) is 37.4. The Morgan fingerprint density at radius 3 is 2.11 bits per heavy atom. The van der Waals surface area contributed by atoms with Crippen molar-refractivity contribution in [2.45, 2.75) is 0 Å². The molecule has 0 aliphatic rings. The van der Waals surface area contributed by atoms with Gasteiger partial charge in [-0.05, 0) is 6.20 Å². The summed E-state index contributed by atoms with van der Waals surface area (Å²) >= 11 is 0. The third-order valence-electron chi connectivity index (χ3n) is 0.226. The zero-order chi connectivity index (χ0) is 7.70. The van der Waals surface area contributed by atoms with Crippen molar-refractivity contribution in [2.75, 3.05) is 0 Å². The highest BCUT2D eigenvalue weighted by Gasteiger charge is 1.80. The van der Waals surface area contributed by atoms with Gasteiger partial charge in [0.1, 0.15) is 21.0 Å². The molecule has 9 heavy (non-hydrogen) atoms. The standard InChI is InChI=1S/C3H5NO2.H6OSi2/c1-2-4-3(5)6;2-1-3/h2,4H,1H2,(H,5,6);2-3H3. The zero-order valence-electron chi connectivity index (χ0n) is 5.55. The number of nitrogens with one attached hydrogen (secondary N) is 1. The lowest BCUT2D eigenvalue weighted by Crippen LogP contribution is -2.11. The molecule has 54 valence electrons. The summed E-state index contributed by atoms with van der Waals surface area (Å²) < 4.78 is 4.53. The minimum absolute atomic E-state index is 0.931. The Morgan fingerprint density at radius 1 is 1.78 bits per heavy atom.